The lowest BCUT2D eigenvalue weighted by Crippen LogP contribution is -2.17. The van der Waals surface area contributed by atoms with Crippen molar-refractivity contribution in [2.75, 3.05) is 13.2 Å². The molecule has 1 aromatic heterocycles. The lowest BCUT2D eigenvalue weighted by Gasteiger charge is -2.09. The van der Waals surface area contributed by atoms with Crippen molar-refractivity contribution in [3.63, 3.8) is 0 Å². The highest BCUT2D eigenvalue weighted by Gasteiger charge is 2.25. The second-order valence-corrected chi connectivity index (χ2v) is 4.32. The van der Waals surface area contributed by atoms with Gasteiger partial charge in [0.15, 0.2) is 5.82 Å². The van der Waals surface area contributed by atoms with Crippen LogP contribution in [0.15, 0.2) is 4.52 Å². The minimum Gasteiger partial charge on any atom is -0.381 e. The first-order valence-corrected chi connectivity index (χ1v) is 5.35. The summed E-state index contributed by atoms with van der Waals surface area (Å²) in [5, 5.41) is 3.96. The summed E-state index contributed by atoms with van der Waals surface area (Å²) in [6, 6.07) is -0.173. The molecule has 0 saturated carbocycles. The number of nitrogens with two attached hydrogens (primary N) is 1. The van der Waals surface area contributed by atoms with Gasteiger partial charge in [-0.15, -0.1) is 0 Å². The molecule has 1 aromatic rings. The van der Waals surface area contributed by atoms with Crippen LogP contribution in [-0.4, -0.2) is 23.4 Å². The molecule has 2 unspecified atom stereocenters. The maximum Gasteiger partial charge on any atom is 0.243 e. The second kappa shape index (κ2) is 4.28. The summed E-state index contributed by atoms with van der Waals surface area (Å²) in [6.45, 7) is 5.54. The van der Waals surface area contributed by atoms with Crippen LogP contribution in [0.5, 0.6) is 0 Å². The minimum atomic E-state index is -0.173. The highest BCUT2D eigenvalue weighted by molar-refractivity contribution is 5.00. The monoisotopic (exact) mass is 211 g/mol. The zero-order valence-electron chi connectivity index (χ0n) is 9.14. The minimum absolute atomic E-state index is 0.173. The first-order chi connectivity index (χ1) is 7.18. The average molecular weight is 211 g/mol. The smallest absolute Gasteiger partial charge is 0.243 e. The average Bonchev–Trinajstić information content (AvgIpc) is 2.86. The van der Waals surface area contributed by atoms with E-state index < -0.39 is 0 Å². The van der Waals surface area contributed by atoms with Gasteiger partial charge < -0.3 is 15.0 Å². The third-order valence-electron chi connectivity index (χ3n) is 2.76. The first-order valence-electron chi connectivity index (χ1n) is 5.35. The summed E-state index contributed by atoms with van der Waals surface area (Å²) in [5.41, 5.74) is 5.92. The van der Waals surface area contributed by atoms with E-state index in [-0.39, 0.29) is 12.0 Å². The van der Waals surface area contributed by atoms with Crippen LogP contribution in [0.25, 0.3) is 0 Å². The fourth-order valence-electron chi connectivity index (χ4n) is 1.57. The summed E-state index contributed by atoms with van der Waals surface area (Å²) in [7, 11) is 0. The molecule has 1 saturated heterocycles. The molecule has 0 bridgehead atoms. The molecule has 15 heavy (non-hydrogen) atoms. The predicted octanol–water partition coefficient (Wildman–Crippen LogP) is 1.23. The van der Waals surface area contributed by atoms with Crippen LogP contribution in [0.4, 0.5) is 0 Å². The Bertz CT molecular complexity index is 302. The van der Waals surface area contributed by atoms with Gasteiger partial charge in [-0.3, -0.25) is 0 Å². The zero-order chi connectivity index (χ0) is 10.8. The molecule has 84 valence electrons. The Morgan fingerprint density at radius 1 is 1.47 bits per heavy atom. The van der Waals surface area contributed by atoms with Gasteiger partial charge in [-0.25, -0.2) is 0 Å². The molecule has 2 heterocycles. The number of hydrogen-bond donors (Lipinski definition) is 1. The van der Waals surface area contributed by atoms with Crippen LogP contribution < -0.4 is 5.73 Å². The van der Waals surface area contributed by atoms with Crippen molar-refractivity contribution < 1.29 is 9.26 Å². The van der Waals surface area contributed by atoms with Gasteiger partial charge in [-0.1, -0.05) is 19.0 Å². The second-order valence-electron chi connectivity index (χ2n) is 4.32. The zero-order valence-corrected chi connectivity index (χ0v) is 9.14. The molecule has 1 aliphatic rings. The van der Waals surface area contributed by atoms with E-state index in [0.29, 0.717) is 18.4 Å². The molecule has 5 heteroatoms. The van der Waals surface area contributed by atoms with Crippen LogP contribution in [0.3, 0.4) is 0 Å². The number of rotatable bonds is 3. The molecule has 5 nitrogen and oxygen atoms in total. The summed E-state index contributed by atoms with van der Waals surface area (Å²) in [5.74, 6) is 1.85. The predicted molar refractivity (Wildman–Crippen MR) is 54.2 cm³/mol. The van der Waals surface area contributed by atoms with E-state index in [2.05, 4.69) is 10.1 Å². The molecule has 0 aliphatic carbocycles. The Morgan fingerprint density at radius 2 is 2.27 bits per heavy atom. The highest BCUT2D eigenvalue weighted by Crippen LogP contribution is 2.24. The molecule has 2 atom stereocenters. The molecule has 0 aromatic carbocycles. The van der Waals surface area contributed by atoms with Crippen molar-refractivity contribution in [1.29, 1.82) is 0 Å². The topological polar surface area (TPSA) is 74.2 Å². The van der Waals surface area contributed by atoms with Crippen LogP contribution in [0, 0.1) is 5.92 Å². The van der Waals surface area contributed by atoms with E-state index in [1.54, 1.807) is 0 Å². The molecule has 0 spiro atoms. The van der Waals surface area contributed by atoms with Gasteiger partial charge in [0.05, 0.1) is 12.6 Å². The van der Waals surface area contributed by atoms with Gasteiger partial charge >= 0.3 is 0 Å². The SMILES string of the molecule is CC(C)C(N)c1nc(C2CCOC2)no1. The van der Waals surface area contributed by atoms with Gasteiger partial charge in [-0.2, -0.15) is 4.98 Å². The maximum absolute atomic E-state index is 5.92. The Hall–Kier alpha value is -0.940. The third-order valence-corrected chi connectivity index (χ3v) is 2.76. The van der Waals surface area contributed by atoms with Gasteiger partial charge in [0.1, 0.15) is 0 Å². The molecule has 2 rings (SSSR count). The Balaban J connectivity index is 2.09. The van der Waals surface area contributed by atoms with Gasteiger partial charge in [0.25, 0.3) is 0 Å². The van der Waals surface area contributed by atoms with E-state index in [9.17, 15) is 0 Å². The first kappa shape index (κ1) is 10.6. The van der Waals surface area contributed by atoms with Crippen molar-refractivity contribution >= 4 is 0 Å². The number of hydrogen-bond acceptors (Lipinski definition) is 5. The third kappa shape index (κ3) is 2.18. The molecular formula is C10H17N3O2. The van der Waals surface area contributed by atoms with Crippen LogP contribution >= 0.6 is 0 Å². The van der Waals surface area contributed by atoms with Crippen molar-refractivity contribution in [3.8, 4) is 0 Å². The number of nitrogens with zero attached hydrogens (tertiary/aromatic N) is 2. The van der Waals surface area contributed by atoms with E-state index in [4.69, 9.17) is 15.0 Å². The van der Waals surface area contributed by atoms with Crippen LogP contribution in [-0.2, 0) is 4.74 Å². The molecule has 0 radical (unpaired) electrons. The fourth-order valence-corrected chi connectivity index (χ4v) is 1.57. The van der Waals surface area contributed by atoms with Crippen molar-refractivity contribution in [3.05, 3.63) is 11.7 Å². The van der Waals surface area contributed by atoms with E-state index >= 15 is 0 Å². The Kier molecular flexibility index (Phi) is 3.02. The van der Waals surface area contributed by atoms with E-state index in [1.165, 1.54) is 0 Å². The van der Waals surface area contributed by atoms with Gasteiger partial charge in [0.2, 0.25) is 5.89 Å². The van der Waals surface area contributed by atoms with Crippen LogP contribution in [0.1, 0.15) is 43.9 Å². The lowest BCUT2D eigenvalue weighted by molar-refractivity contribution is 0.192. The number of aromatic nitrogens is 2. The normalized spacial score (nSPS) is 23.6. The van der Waals surface area contributed by atoms with Crippen LogP contribution in [0.2, 0.25) is 0 Å². The summed E-state index contributed by atoms with van der Waals surface area (Å²) in [6.07, 6.45) is 0.968. The largest absolute Gasteiger partial charge is 0.381 e. The molecule has 0 amide bonds. The quantitative estimate of drug-likeness (QED) is 0.813. The molecule has 2 N–H and O–H groups in total. The van der Waals surface area contributed by atoms with Crippen molar-refractivity contribution in [1.82, 2.24) is 10.1 Å². The van der Waals surface area contributed by atoms with Gasteiger partial charge in [0, 0.05) is 12.5 Å². The maximum atomic E-state index is 5.92. The highest BCUT2D eigenvalue weighted by atomic mass is 16.5. The fraction of sp³-hybridized carbons (Fsp3) is 0.800. The van der Waals surface area contributed by atoms with E-state index in [1.807, 2.05) is 13.8 Å². The molecule has 1 fully saturated rings. The summed E-state index contributed by atoms with van der Waals surface area (Å²) >= 11 is 0. The summed E-state index contributed by atoms with van der Waals surface area (Å²) in [4.78, 5) is 4.33. The molecule has 1 aliphatic heterocycles. The van der Waals surface area contributed by atoms with E-state index in [0.717, 1.165) is 18.9 Å². The Labute approximate surface area is 89.0 Å². The lowest BCUT2D eigenvalue weighted by atomic mass is 10.1. The number of ether oxygens (including phenoxy) is 1. The van der Waals surface area contributed by atoms with Crippen molar-refractivity contribution in [2.24, 2.45) is 11.7 Å². The standard InChI is InChI=1S/C10H17N3O2/c1-6(2)8(11)10-12-9(13-15-10)7-3-4-14-5-7/h6-8H,3-5,11H2,1-2H3. The van der Waals surface area contributed by atoms with Gasteiger partial charge in [-0.05, 0) is 12.3 Å². The van der Waals surface area contributed by atoms with Crippen molar-refractivity contribution in [2.45, 2.75) is 32.2 Å². The molecular weight excluding hydrogens is 194 g/mol. The Morgan fingerprint density at radius 3 is 2.87 bits per heavy atom. The summed E-state index contributed by atoms with van der Waals surface area (Å²) < 4.78 is 10.4.